The maximum absolute atomic E-state index is 8.66. The lowest BCUT2D eigenvalue weighted by Crippen LogP contribution is -2.44. The summed E-state index contributed by atoms with van der Waals surface area (Å²) in [4.78, 5) is 0. The van der Waals surface area contributed by atoms with Crippen LogP contribution in [0.2, 0.25) is 36.3 Å². The molecule has 0 aliphatic carbocycles. The molecular formula is C34H50N2O6Si2. The molecule has 0 atom stereocenters. The predicted molar refractivity (Wildman–Crippen MR) is 184 cm³/mol. The Kier molecular flexibility index (Phi) is 13.6. The number of nitrogens with zero attached hydrogens (tertiary/aromatic N) is 2. The molecule has 0 heterocycles. The minimum absolute atomic E-state index is 0.0718. The molecule has 2 rings (SSSR count). The van der Waals surface area contributed by atoms with Crippen LogP contribution >= 0.6 is 0 Å². The van der Waals surface area contributed by atoms with Gasteiger partial charge < -0.3 is 27.8 Å². The molecule has 2 aromatic rings. The van der Waals surface area contributed by atoms with Crippen LogP contribution in [0.3, 0.4) is 0 Å². The molecule has 0 aliphatic heterocycles. The molecule has 0 bridgehead atoms. The molecule has 0 saturated carbocycles. The summed E-state index contributed by atoms with van der Waals surface area (Å²) in [5, 5.41) is 17.5. The second kappa shape index (κ2) is 15.7. The van der Waals surface area contributed by atoms with Crippen LogP contribution in [0.15, 0.2) is 36.4 Å². The van der Waals surface area contributed by atoms with Gasteiger partial charge in [0.25, 0.3) is 16.6 Å². The molecule has 0 spiro atoms. The van der Waals surface area contributed by atoms with Crippen LogP contribution in [0, 0.1) is 22.7 Å². The van der Waals surface area contributed by atoms with Gasteiger partial charge in [-0.15, -0.1) is 0 Å². The third-order valence-electron chi connectivity index (χ3n) is 7.99. The van der Waals surface area contributed by atoms with E-state index in [1.165, 1.54) is 12.2 Å². The number of nitriles is 2. The quantitative estimate of drug-likeness (QED) is 0.187. The highest BCUT2D eigenvalue weighted by atomic mass is 28.4. The summed E-state index contributed by atoms with van der Waals surface area (Å²) in [7, 11) is 2.38. The fraction of sp³-hybridized carbons (Fsp3) is 0.471. The zero-order chi connectivity index (χ0) is 33.9. The highest BCUT2D eigenvalue weighted by Gasteiger charge is 2.41. The van der Waals surface area contributed by atoms with Gasteiger partial charge in [0.15, 0.2) is 34.5 Å². The lowest BCUT2D eigenvalue weighted by molar-refractivity contribution is 0.354. The fourth-order valence-corrected chi connectivity index (χ4v) is 5.31. The monoisotopic (exact) mass is 638 g/mol. The Morgan fingerprint density at radius 3 is 0.977 bits per heavy atom. The van der Waals surface area contributed by atoms with Crippen molar-refractivity contribution in [1.29, 1.82) is 10.5 Å². The molecule has 2 aromatic carbocycles. The predicted octanol–water partition coefficient (Wildman–Crippen LogP) is 9.25. The molecule has 240 valence electrons. The van der Waals surface area contributed by atoms with Crippen molar-refractivity contribution in [3.63, 3.8) is 0 Å². The maximum Gasteiger partial charge on any atom is 0.250 e. The van der Waals surface area contributed by atoms with Gasteiger partial charge in [0.2, 0.25) is 0 Å². The molecule has 0 aromatic heterocycles. The molecule has 0 saturated heterocycles. The summed E-state index contributed by atoms with van der Waals surface area (Å²) in [6.45, 7) is 21.8. The van der Waals surface area contributed by atoms with Crippen LogP contribution in [-0.4, -0.2) is 45.1 Å². The normalized spacial score (nSPS) is 12.1. The Morgan fingerprint density at radius 1 is 0.545 bits per heavy atom. The third-order valence-corrected chi connectivity index (χ3v) is 16.6. The highest BCUT2D eigenvalue weighted by molar-refractivity contribution is 6.75. The minimum Gasteiger partial charge on any atom is -0.539 e. The van der Waals surface area contributed by atoms with Gasteiger partial charge in [0.1, 0.15) is 0 Å². The third kappa shape index (κ3) is 10.1. The number of ether oxygens (including phenoxy) is 4. The number of rotatable bonds is 10. The number of allylic oxidation sites excluding steroid dienone is 2. The van der Waals surface area contributed by atoms with E-state index in [1.54, 1.807) is 40.6 Å². The van der Waals surface area contributed by atoms with Crippen molar-refractivity contribution >= 4 is 28.8 Å². The average Bonchev–Trinajstić information content (AvgIpc) is 2.94. The SMILES string of the molecule is COc1cc(/C=C/C#N)cc(OC)c1O[Si](C)(C)C(C)(C)C.COc1cc(/C=C\C#N)cc(OC)c1O[Si](C)(C)C(C)(C)C. The molecular weight excluding hydrogens is 589 g/mol. The van der Waals surface area contributed by atoms with E-state index < -0.39 is 16.6 Å². The molecule has 0 radical (unpaired) electrons. The van der Waals surface area contributed by atoms with Crippen LogP contribution in [-0.2, 0) is 0 Å². The van der Waals surface area contributed by atoms with Gasteiger partial charge in [-0.3, -0.25) is 0 Å². The van der Waals surface area contributed by atoms with Crippen molar-refractivity contribution < 1.29 is 27.8 Å². The van der Waals surface area contributed by atoms with Crippen molar-refractivity contribution in [3.8, 4) is 46.6 Å². The molecule has 44 heavy (non-hydrogen) atoms. The van der Waals surface area contributed by atoms with E-state index in [4.69, 9.17) is 38.3 Å². The van der Waals surface area contributed by atoms with Gasteiger partial charge in [-0.2, -0.15) is 10.5 Å². The first-order valence-electron chi connectivity index (χ1n) is 14.3. The first kappa shape index (κ1) is 38.2. The molecule has 8 nitrogen and oxygen atoms in total. The van der Waals surface area contributed by atoms with Crippen LogP contribution in [0.25, 0.3) is 12.2 Å². The summed E-state index contributed by atoms with van der Waals surface area (Å²) in [5.41, 5.74) is 1.66. The topological polar surface area (TPSA) is 103 Å². The van der Waals surface area contributed by atoms with Gasteiger partial charge >= 0.3 is 0 Å². The first-order valence-corrected chi connectivity index (χ1v) is 20.2. The molecule has 0 N–H and O–H groups in total. The smallest absolute Gasteiger partial charge is 0.250 e. The summed E-state index contributed by atoms with van der Waals surface area (Å²) < 4.78 is 34.6. The zero-order valence-electron chi connectivity index (χ0n) is 29.0. The summed E-state index contributed by atoms with van der Waals surface area (Å²) in [6.07, 6.45) is 6.26. The standard InChI is InChI=1S/2C17H25NO3Si/c2*1-17(2,3)22(6,7)21-16-14(19-4)11-13(9-8-10-18)12-15(16)20-5/h2*8-9,11-12H,1-7H3/b9-8+;9-8-. The zero-order valence-corrected chi connectivity index (χ0v) is 31.0. The van der Waals surface area contributed by atoms with Gasteiger partial charge in [-0.1, -0.05) is 41.5 Å². The average molecular weight is 639 g/mol. The minimum atomic E-state index is -2.01. The number of methoxy groups -OCH3 is 4. The van der Waals surface area contributed by atoms with Crippen LogP contribution in [0.5, 0.6) is 34.5 Å². The van der Waals surface area contributed by atoms with Crippen molar-refractivity contribution in [2.24, 2.45) is 0 Å². The Bertz CT molecular complexity index is 1250. The molecule has 0 amide bonds. The lowest BCUT2D eigenvalue weighted by atomic mass is 10.1. The van der Waals surface area contributed by atoms with Crippen LogP contribution < -0.4 is 27.8 Å². The largest absolute Gasteiger partial charge is 0.539 e. The van der Waals surface area contributed by atoms with E-state index >= 15 is 0 Å². The fourth-order valence-electron chi connectivity index (χ4n) is 3.28. The van der Waals surface area contributed by atoms with E-state index in [9.17, 15) is 0 Å². The van der Waals surface area contributed by atoms with Crippen LogP contribution in [0.1, 0.15) is 52.7 Å². The summed E-state index contributed by atoms with van der Waals surface area (Å²) in [5.74, 6) is 3.71. The lowest BCUT2D eigenvalue weighted by Gasteiger charge is -2.37. The van der Waals surface area contributed by atoms with Crippen molar-refractivity contribution in [3.05, 3.63) is 47.5 Å². The molecule has 0 fully saturated rings. The van der Waals surface area contributed by atoms with E-state index in [0.29, 0.717) is 34.5 Å². The van der Waals surface area contributed by atoms with Crippen molar-refractivity contribution in [1.82, 2.24) is 0 Å². The molecule has 10 heteroatoms. The number of hydrogen-bond acceptors (Lipinski definition) is 8. The second-order valence-electron chi connectivity index (χ2n) is 13.2. The van der Waals surface area contributed by atoms with Gasteiger partial charge in [0, 0.05) is 12.2 Å². The Hall–Kier alpha value is -3.87. The Balaban J connectivity index is 0.000000440. The molecule has 0 aliphatic rings. The van der Waals surface area contributed by atoms with E-state index in [0.717, 1.165) is 11.1 Å². The van der Waals surface area contributed by atoms with Gasteiger partial charge in [0.05, 0.1) is 40.6 Å². The van der Waals surface area contributed by atoms with Crippen LogP contribution in [0.4, 0.5) is 0 Å². The first-order chi connectivity index (χ1) is 20.3. The van der Waals surface area contributed by atoms with E-state index in [-0.39, 0.29) is 10.1 Å². The van der Waals surface area contributed by atoms with Crippen molar-refractivity contribution in [2.75, 3.05) is 28.4 Å². The maximum atomic E-state index is 8.66. The van der Waals surface area contributed by atoms with Gasteiger partial charge in [-0.05, 0) is 83.8 Å². The summed E-state index contributed by atoms with van der Waals surface area (Å²) in [6, 6.07) is 11.3. The summed E-state index contributed by atoms with van der Waals surface area (Å²) >= 11 is 0. The van der Waals surface area contributed by atoms with Gasteiger partial charge in [-0.25, -0.2) is 0 Å². The highest BCUT2D eigenvalue weighted by Crippen LogP contribution is 2.46. The van der Waals surface area contributed by atoms with E-state index in [1.807, 2.05) is 36.4 Å². The van der Waals surface area contributed by atoms with Crippen molar-refractivity contribution in [2.45, 2.75) is 77.8 Å². The second-order valence-corrected chi connectivity index (χ2v) is 22.6. The molecule has 0 unspecified atom stereocenters. The Labute approximate surface area is 267 Å². The number of benzene rings is 2. The Morgan fingerprint density at radius 2 is 0.795 bits per heavy atom. The van der Waals surface area contributed by atoms with E-state index in [2.05, 4.69) is 67.7 Å². The number of hydrogen-bond donors (Lipinski definition) is 0.